The quantitative estimate of drug-likeness (QED) is 0.270. The number of thiol groups is 2. The minimum atomic E-state index is -1.21. The van der Waals surface area contributed by atoms with E-state index in [0.29, 0.717) is 6.42 Å². The lowest BCUT2D eigenvalue weighted by molar-refractivity contribution is -0.138. The lowest BCUT2D eigenvalue weighted by Gasteiger charge is -2.20. The van der Waals surface area contributed by atoms with Gasteiger partial charge in [0.15, 0.2) is 0 Å². The van der Waals surface area contributed by atoms with E-state index in [-0.39, 0.29) is 24.1 Å². The Morgan fingerprint density at radius 3 is 2.15 bits per heavy atom. The largest absolute Gasteiger partial charge is 0.480 e. The smallest absolute Gasteiger partial charge is 0.327 e. The third-order valence-electron chi connectivity index (χ3n) is 3.47. The topological polar surface area (TPSA) is 134 Å². The summed E-state index contributed by atoms with van der Waals surface area (Å²) in [7, 11) is 0. The molecule has 26 heavy (non-hydrogen) atoms. The molecule has 0 aromatic heterocycles. The molecule has 1 aromatic carbocycles. The van der Waals surface area contributed by atoms with Crippen molar-refractivity contribution in [2.45, 2.75) is 24.5 Å². The standard InChI is InChI=1S/C16H24N4O4S2/c17-11(6-10-4-2-1-3-5-10)7-18-14(21)12(8-25)19-16(24)20-13(9-26)15(22)23/h1-5,11-13,25-26H,6-9,17H2,(H,18,21)(H,22,23)(H2,19,20,24)/t11-,12+,13-/m1/s1. The Morgan fingerprint density at radius 2 is 1.62 bits per heavy atom. The molecule has 0 radical (unpaired) electrons. The Morgan fingerprint density at radius 1 is 1.04 bits per heavy atom. The zero-order valence-corrected chi connectivity index (χ0v) is 15.9. The van der Waals surface area contributed by atoms with Crippen LogP contribution in [0.4, 0.5) is 4.79 Å². The van der Waals surface area contributed by atoms with Crippen LogP contribution in [0.1, 0.15) is 5.56 Å². The third-order valence-corrected chi connectivity index (χ3v) is 4.20. The van der Waals surface area contributed by atoms with Crippen LogP contribution in [0.2, 0.25) is 0 Å². The van der Waals surface area contributed by atoms with Crippen molar-refractivity contribution in [1.29, 1.82) is 0 Å². The molecule has 1 aromatic rings. The van der Waals surface area contributed by atoms with Crippen LogP contribution < -0.4 is 21.7 Å². The van der Waals surface area contributed by atoms with Crippen molar-refractivity contribution in [3.8, 4) is 0 Å². The van der Waals surface area contributed by atoms with Gasteiger partial charge in [0.25, 0.3) is 0 Å². The highest BCUT2D eigenvalue weighted by atomic mass is 32.1. The highest BCUT2D eigenvalue weighted by Crippen LogP contribution is 2.01. The monoisotopic (exact) mass is 400 g/mol. The molecule has 3 amide bonds. The molecular formula is C16H24N4O4S2. The molecule has 0 aliphatic rings. The van der Waals surface area contributed by atoms with Crippen molar-refractivity contribution in [1.82, 2.24) is 16.0 Å². The second-order valence-corrected chi connectivity index (χ2v) is 6.35. The number of amides is 3. The van der Waals surface area contributed by atoms with E-state index < -0.39 is 30.0 Å². The van der Waals surface area contributed by atoms with E-state index in [0.717, 1.165) is 5.56 Å². The van der Waals surface area contributed by atoms with E-state index >= 15 is 0 Å². The molecule has 6 N–H and O–H groups in total. The maximum absolute atomic E-state index is 12.2. The first-order chi connectivity index (χ1) is 12.4. The van der Waals surface area contributed by atoms with Crippen molar-refractivity contribution >= 4 is 43.2 Å². The number of hydrogen-bond acceptors (Lipinski definition) is 6. The SMILES string of the molecule is N[C@@H](CNC(=O)[C@H](CS)NC(=O)N[C@H](CS)C(=O)O)Cc1ccccc1. The van der Waals surface area contributed by atoms with Crippen LogP contribution in [0, 0.1) is 0 Å². The fraction of sp³-hybridized carbons (Fsp3) is 0.438. The fourth-order valence-electron chi connectivity index (χ4n) is 2.08. The number of carboxylic acids is 1. The summed E-state index contributed by atoms with van der Waals surface area (Å²) in [4.78, 5) is 34.9. The fourth-order valence-corrected chi connectivity index (χ4v) is 2.59. The van der Waals surface area contributed by atoms with Crippen LogP contribution in [-0.2, 0) is 16.0 Å². The van der Waals surface area contributed by atoms with Gasteiger partial charge in [-0.2, -0.15) is 25.3 Å². The number of nitrogens with one attached hydrogen (secondary N) is 3. The Kier molecular flexibility index (Phi) is 9.92. The molecule has 0 aliphatic heterocycles. The van der Waals surface area contributed by atoms with Gasteiger partial charge < -0.3 is 26.8 Å². The van der Waals surface area contributed by atoms with Gasteiger partial charge in [-0.3, -0.25) is 4.79 Å². The van der Waals surface area contributed by atoms with Gasteiger partial charge in [-0.15, -0.1) is 0 Å². The first-order valence-electron chi connectivity index (χ1n) is 7.96. The molecule has 10 heteroatoms. The van der Waals surface area contributed by atoms with Crippen LogP contribution in [0.25, 0.3) is 0 Å². The highest BCUT2D eigenvalue weighted by molar-refractivity contribution is 7.80. The van der Waals surface area contributed by atoms with Gasteiger partial charge in [0, 0.05) is 24.1 Å². The summed E-state index contributed by atoms with van der Waals surface area (Å²) in [5, 5.41) is 16.2. The van der Waals surface area contributed by atoms with Gasteiger partial charge in [0.2, 0.25) is 5.91 Å². The Labute approximate surface area is 163 Å². The molecule has 0 spiro atoms. The van der Waals surface area contributed by atoms with Gasteiger partial charge in [0.1, 0.15) is 12.1 Å². The van der Waals surface area contributed by atoms with E-state index in [2.05, 4.69) is 41.2 Å². The molecule has 0 saturated heterocycles. The molecule has 0 bridgehead atoms. The van der Waals surface area contributed by atoms with Gasteiger partial charge in [-0.25, -0.2) is 9.59 Å². The number of benzene rings is 1. The zero-order chi connectivity index (χ0) is 19.5. The predicted octanol–water partition coefficient (Wildman–Crippen LogP) is -0.347. The van der Waals surface area contributed by atoms with Crippen molar-refractivity contribution in [3.05, 3.63) is 35.9 Å². The van der Waals surface area contributed by atoms with E-state index in [1.165, 1.54) is 0 Å². The number of nitrogens with two attached hydrogens (primary N) is 1. The number of carboxylic acid groups (broad SMARTS) is 1. The molecule has 0 unspecified atom stereocenters. The molecule has 0 heterocycles. The van der Waals surface area contributed by atoms with E-state index in [4.69, 9.17) is 10.8 Å². The Balaban J connectivity index is 2.45. The molecular weight excluding hydrogens is 376 g/mol. The average molecular weight is 401 g/mol. The normalized spacial score (nSPS) is 14.0. The van der Waals surface area contributed by atoms with Gasteiger partial charge in [0.05, 0.1) is 0 Å². The molecule has 8 nitrogen and oxygen atoms in total. The second kappa shape index (κ2) is 11.7. The number of rotatable bonds is 10. The molecule has 0 fully saturated rings. The lowest BCUT2D eigenvalue weighted by Crippen LogP contribution is -2.55. The van der Waals surface area contributed by atoms with Gasteiger partial charge in [-0.05, 0) is 12.0 Å². The van der Waals surface area contributed by atoms with Crippen molar-refractivity contribution < 1.29 is 19.5 Å². The summed E-state index contributed by atoms with van der Waals surface area (Å²) in [6, 6.07) is 6.50. The van der Waals surface area contributed by atoms with Crippen LogP contribution in [-0.4, -0.2) is 59.2 Å². The maximum atomic E-state index is 12.2. The summed E-state index contributed by atoms with van der Waals surface area (Å²) in [6.45, 7) is 0.232. The second-order valence-electron chi connectivity index (χ2n) is 5.62. The van der Waals surface area contributed by atoms with Crippen LogP contribution in [0.15, 0.2) is 30.3 Å². The average Bonchev–Trinajstić information content (AvgIpc) is 2.62. The Bertz CT molecular complexity index is 603. The first kappa shape index (κ1) is 22.1. The number of urea groups is 1. The van der Waals surface area contributed by atoms with Crippen LogP contribution >= 0.6 is 25.3 Å². The van der Waals surface area contributed by atoms with E-state index in [1.54, 1.807) is 0 Å². The zero-order valence-electron chi connectivity index (χ0n) is 14.1. The Hall–Kier alpha value is -1.91. The summed E-state index contributed by atoms with van der Waals surface area (Å²) in [6.07, 6.45) is 0.600. The third kappa shape index (κ3) is 7.98. The van der Waals surface area contributed by atoms with Crippen LogP contribution in [0.5, 0.6) is 0 Å². The lowest BCUT2D eigenvalue weighted by atomic mass is 10.1. The van der Waals surface area contributed by atoms with Gasteiger partial charge in [-0.1, -0.05) is 30.3 Å². The number of carbonyl (C=O) groups is 3. The summed E-state index contributed by atoms with van der Waals surface area (Å²) in [5.41, 5.74) is 7.07. The highest BCUT2D eigenvalue weighted by Gasteiger charge is 2.23. The van der Waals surface area contributed by atoms with E-state index in [9.17, 15) is 14.4 Å². The number of aliphatic carboxylic acids is 1. The first-order valence-corrected chi connectivity index (χ1v) is 9.22. The minimum Gasteiger partial charge on any atom is -0.480 e. The van der Waals surface area contributed by atoms with Crippen molar-refractivity contribution in [2.24, 2.45) is 5.73 Å². The van der Waals surface area contributed by atoms with Gasteiger partial charge >= 0.3 is 12.0 Å². The van der Waals surface area contributed by atoms with Crippen molar-refractivity contribution in [3.63, 3.8) is 0 Å². The minimum absolute atomic E-state index is 0.0474. The van der Waals surface area contributed by atoms with E-state index in [1.807, 2.05) is 30.3 Å². The summed E-state index contributed by atoms with van der Waals surface area (Å²) < 4.78 is 0. The molecule has 0 saturated carbocycles. The summed E-state index contributed by atoms with van der Waals surface area (Å²) >= 11 is 7.89. The summed E-state index contributed by atoms with van der Waals surface area (Å²) in [5.74, 6) is -1.69. The van der Waals surface area contributed by atoms with Crippen molar-refractivity contribution in [2.75, 3.05) is 18.1 Å². The number of hydrogen-bond donors (Lipinski definition) is 7. The molecule has 144 valence electrons. The number of carbonyl (C=O) groups excluding carboxylic acids is 2. The molecule has 0 aliphatic carbocycles. The van der Waals surface area contributed by atoms with Crippen LogP contribution in [0.3, 0.4) is 0 Å². The predicted molar refractivity (Wildman–Crippen MR) is 106 cm³/mol. The molecule has 3 atom stereocenters. The maximum Gasteiger partial charge on any atom is 0.327 e. The molecule has 1 rings (SSSR count).